The summed E-state index contributed by atoms with van der Waals surface area (Å²) in [4.78, 5) is 17.4. The van der Waals surface area contributed by atoms with Gasteiger partial charge in [-0.2, -0.15) is 4.98 Å². The van der Waals surface area contributed by atoms with Gasteiger partial charge in [-0.15, -0.1) is 0 Å². The monoisotopic (exact) mass is 416 g/mol. The van der Waals surface area contributed by atoms with Crippen LogP contribution in [0.5, 0.6) is 5.75 Å². The molecule has 0 aliphatic heterocycles. The van der Waals surface area contributed by atoms with Crippen molar-refractivity contribution in [1.29, 1.82) is 0 Å². The molecule has 1 heterocycles. The van der Waals surface area contributed by atoms with Gasteiger partial charge in [-0.1, -0.05) is 41.9 Å². The fourth-order valence-corrected chi connectivity index (χ4v) is 4.08. The fourth-order valence-electron chi connectivity index (χ4n) is 3.89. The third-order valence-electron chi connectivity index (χ3n) is 5.63. The molecule has 4 aromatic rings. The first-order chi connectivity index (χ1) is 14.6. The van der Waals surface area contributed by atoms with Crippen molar-refractivity contribution in [3.05, 3.63) is 93.5 Å². The van der Waals surface area contributed by atoms with Crippen LogP contribution >= 0.6 is 11.6 Å². The van der Waals surface area contributed by atoms with Crippen molar-refractivity contribution in [3.8, 4) is 16.9 Å². The summed E-state index contributed by atoms with van der Waals surface area (Å²) in [6.45, 7) is 0.466. The number of hydrogen-bond donors (Lipinski definition) is 0. The molecule has 30 heavy (non-hydrogen) atoms. The highest BCUT2D eigenvalue weighted by molar-refractivity contribution is 6.30. The number of halogens is 1. The van der Waals surface area contributed by atoms with Gasteiger partial charge in [0.25, 0.3) is 0 Å². The summed E-state index contributed by atoms with van der Waals surface area (Å²) in [6, 6.07) is 21.8. The number of methoxy groups -OCH3 is 1. The molecule has 5 heteroatoms. The van der Waals surface area contributed by atoms with E-state index in [-0.39, 0.29) is 5.69 Å². The van der Waals surface area contributed by atoms with Gasteiger partial charge in [0.2, 0.25) is 0 Å². The summed E-state index contributed by atoms with van der Waals surface area (Å²) in [5, 5.41) is 1.75. The van der Waals surface area contributed by atoms with Crippen LogP contribution in [0.2, 0.25) is 5.02 Å². The van der Waals surface area contributed by atoms with E-state index in [0.717, 1.165) is 51.9 Å². The third-order valence-corrected chi connectivity index (χ3v) is 5.87. The zero-order valence-electron chi connectivity index (χ0n) is 16.6. The van der Waals surface area contributed by atoms with Gasteiger partial charge in [-0.05, 0) is 65.9 Å². The Labute approximate surface area is 179 Å². The predicted octanol–water partition coefficient (Wildman–Crippen LogP) is 5.65. The maximum absolute atomic E-state index is 12.9. The van der Waals surface area contributed by atoms with E-state index in [9.17, 15) is 4.79 Å². The zero-order valence-corrected chi connectivity index (χ0v) is 17.4. The highest BCUT2D eigenvalue weighted by atomic mass is 35.5. The lowest BCUT2D eigenvalue weighted by atomic mass is 10.0. The van der Waals surface area contributed by atoms with Crippen LogP contribution < -0.4 is 10.4 Å². The maximum Gasteiger partial charge on any atom is 0.348 e. The third kappa shape index (κ3) is 3.59. The molecule has 5 rings (SSSR count). The molecule has 0 bridgehead atoms. The average Bonchev–Trinajstić information content (AvgIpc) is 3.61. The van der Waals surface area contributed by atoms with Gasteiger partial charge >= 0.3 is 5.69 Å². The zero-order chi connectivity index (χ0) is 20.7. The molecule has 0 unspecified atom stereocenters. The number of fused-ring (bicyclic) bond motifs is 1. The summed E-state index contributed by atoms with van der Waals surface area (Å²) >= 11 is 6.20. The summed E-state index contributed by atoms with van der Waals surface area (Å²) in [6.07, 6.45) is 2.18. The van der Waals surface area contributed by atoms with Crippen LogP contribution in [-0.4, -0.2) is 16.7 Å². The SMILES string of the molecule is COc1ccc(Cn2c(=O)nc(C3CC3)c3cc(-c4cccc(Cl)c4)ccc32)cc1. The lowest BCUT2D eigenvalue weighted by Gasteiger charge is -2.14. The molecule has 0 atom stereocenters. The van der Waals surface area contributed by atoms with Crippen molar-refractivity contribution in [2.24, 2.45) is 0 Å². The van der Waals surface area contributed by atoms with E-state index in [0.29, 0.717) is 17.5 Å². The Morgan fingerprint density at radius 3 is 2.50 bits per heavy atom. The van der Waals surface area contributed by atoms with Crippen LogP contribution in [0.4, 0.5) is 0 Å². The molecule has 4 nitrogen and oxygen atoms in total. The van der Waals surface area contributed by atoms with Crippen LogP contribution in [0.25, 0.3) is 22.0 Å². The van der Waals surface area contributed by atoms with E-state index in [1.165, 1.54) is 0 Å². The molecular formula is C25H21ClN2O2. The summed E-state index contributed by atoms with van der Waals surface area (Å²) < 4.78 is 6.99. The van der Waals surface area contributed by atoms with Crippen LogP contribution in [0.1, 0.15) is 30.0 Å². The van der Waals surface area contributed by atoms with Gasteiger partial charge in [0.15, 0.2) is 0 Å². The Kier molecular flexibility index (Phi) is 4.80. The standard InChI is InChI=1S/C25H21ClN2O2/c1-30-21-10-5-16(6-11-21)15-28-23-12-9-19(18-3-2-4-20(26)13-18)14-22(23)24(17-7-8-17)27-25(28)29/h2-6,9-14,17H,7-8,15H2,1H3. The molecule has 0 N–H and O–H groups in total. The average molecular weight is 417 g/mol. The van der Waals surface area contributed by atoms with Crippen molar-refractivity contribution >= 4 is 22.5 Å². The summed E-state index contributed by atoms with van der Waals surface area (Å²) in [7, 11) is 1.64. The minimum atomic E-state index is -0.198. The molecule has 1 fully saturated rings. The molecule has 0 spiro atoms. The fraction of sp³-hybridized carbons (Fsp3) is 0.200. The van der Waals surface area contributed by atoms with E-state index in [2.05, 4.69) is 17.1 Å². The van der Waals surface area contributed by atoms with Gasteiger partial charge < -0.3 is 4.74 Å². The number of aromatic nitrogens is 2. The maximum atomic E-state index is 12.9. The van der Waals surface area contributed by atoms with Gasteiger partial charge in [0.05, 0.1) is 24.9 Å². The number of nitrogens with zero attached hydrogens (tertiary/aromatic N) is 2. The van der Waals surface area contributed by atoms with Crippen molar-refractivity contribution in [1.82, 2.24) is 9.55 Å². The molecule has 1 aliphatic carbocycles. The van der Waals surface area contributed by atoms with E-state index < -0.39 is 0 Å². The lowest BCUT2D eigenvalue weighted by molar-refractivity contribution is 0.414. The van der Waals surface area contributed by atoms with E-state index >= 15 is 0 Å². The Morgan fingerprint density at radius 2 is 1.80 bits per heavy atom. The quantitative estimate of drug-likeness (QED) is 0.422. The van der Waals surface area contributed by atoms with Gasteiger partial charge in [-0.25, -0.2) is 4.79 Å². The Balaban J connectivity index is 1.64. The number of ether oxygens (including phenoxy) is 1. The van der Waals surface area contributed by atoms with Crippen molar-refractivity contribution in [3.63, 3.8) is 0 Å². The van der Waals surface area contributed by atoms with Crippen LogP contribution in [-0.2, 0) is 6.54 Å². The molecule has 0 saturated heterocycles. The molecule has 3 aromatic carbocycles. The smallest absolute Gasteiger partial charge is 0.348 e. The minimum Gasteiger partial charge on any atom is -0.497 e. The first-order valence-electron chi connectivity index (χ1n) is 10.1. The van der Waals surface area contributed by atoms with Crippen LogP contribution in [0.3, 0.4) is 0 Å². The van der Waals surface area contributed by atoms with Gasteiger partial charge in [0.1, 0.15) is 5.75 Å². The highest BCUT2D eigenvalue weighted by Crippen LogP contribution is 2.42. The molecule has 1 saturated carbocycles. The second-order valence-corrected chi connectivity index (χ2v) is 8.17. The Morgan fingerprint density at radius 1 is 1.03 bits per heavy atom. The number of rotatable bonds is 5. The molecular weight excluding hydrogens is 396 g/mol. The lowest BCUT2D eigenvalue weighted by Crippen LogP contribution is -2.25. The number of benzene rings is 3. The number of hydrogen-bond acceptors (Lipinski definition) is 3. The van der Waals surface area contributed by atoms with E-state index in [1.807, 2.05) is 54.6 Å². The van der Waals surface area contributed by atoms with E-state index in [4.69, 9.17) is 16.3 Å². The largest absolute Gasteiger partial charge is 0.497 e. The second-order valence-electron chi connectivity index (χ2n) is 7.73. The Hall–Kier alpha value is -3.11. The molecule has 1 aliphatic rings. The first kappa shape index (κ1) is 18.9. The predicted molar refractivity (Wildman–Crippen MR) is 121 cm³/mol. The minimum absolute atomic E-state index is 0.198. The summed E-state index contributed by atoms with van der Waals surface area (Å²) in [5.41, 5.74) is 4.79. The van der Waals surface area contributed by atoms with Crippen LogP contribution in [0, 0.1) is 0 Å². The summed E-state index contributed by atoms with van der Waals surface area (Å²) in [5.74, 6) is 1.18. The van der Waals surface area contributed by atoms with Crippen molar-refractivity contribution in [2.75, 3.05) is 7.11 Å². The van der Waals surface area contributed by atoms with Crippen molar-refractivity contribution < 1.29 is 4.74 Å². The van der Waals surface area contributed by atoms with Crippen molar-refractivity contribution in [2.45, 2.75) is 25.3 Å². The normalized spacial score (nSPS) is 13.5. The van der Waals surface area contributed by atoms with Gasteiger partial charge in [-0.3, -0.25) is 4.57 Å². The van der Waals surface area contributed by atoms with E-state index in [1.54, 1.807) is 11.7 Å². The van der Waals surface area contributed by atoms with Crippen LogP contribution in [0.15, 0.2) is 71.5 Å². The molecule has 0 amide bonds. The second kappa shape index (κ2) is 7.62. The first-order valence-corrected chi connectivity index (χ1v) is 10.4. The molecule has 1 aromatic heterocycles. The topological polar surface area (TPSA) is 44.1 Å². The Bertz CT molecular complexity index is 1290. The molecule has 0 radical (unpaired) electrons. The molecule has 150 valence electrons. The highest BCUT2D eigenvalue weighted by Gasteiger charge is 2.28. The van der Waals surface area contributed by atoms with Gasteiger partial charge in [0, 0.05) is 16.3 Å².